The summed E-state index contributed by atoms with van der Waals surface area (Å²) in [6.45, 7) is 0. The van der Waals surface area contributed by atoms with Crippen LogP contribution in [0.2, 0.25) is 0 Å². The quantitative estimate of drug-likeness (QED) is 0.846. The first-order valence-electron chi connectivity index (χ1n) is 7.72. The van der Waals surface area contributed by atoms with E-state index >= 15 is 0 Å². The fraction of sp³-hybridized carbons (Fsp3) is 0.562. The third kappa shape index (κ3) is 2.97. The lowest BCUT2D eigenvalue weighted by molar-refractivity contribution is -0.131. The second-order valence-corrected chi connectivity index (χ2v) is 6.30. The van der Waals surface area contributed by atoms with Gasteiger partial charge in [0.25, 0.3) is 0 Å². The first kappa shape index (κ1) is 15.0. The number of carbonyl (C=O) groups is 1. The van der Waals surface area contributed by atoms with E-state index in [1.165, 1.54) is 0 Å². The summed E-state index contributed by atoms with van der Waals surface area (Å²) in [6.07, 6.45) is 9.93. The van der Waals surface area contributed by atoms with Crippen molar-refractivity contribution in [2.75, 3.05) is 19.0 Å². The van der Waals surface area contributed by atoms with Gasteiger partial charge in [-0.05, 0) is 31.8 Å². The fourth-order valence-electron chi connectivity index (χ4n) is 3.41. The number of nitrogens with zero attached hydrogens (tertiary/aromatic N) is 4. The van der Waals surface area contributed by atoms with Crippen LogP contribution in [0.15, 0.2) is 18.5 Å². The van der Waals surface area contributed by atoms with Gasteiger partial charge in [-0.2, -0.15) is 0 Å². The maximum absolute atomic E-state index is 12.4. The molecule has 118 valence electrons. The largest absolute Gasteiger partial charge is 0.393 e. The van der Waals surface area contributed by atoms with Gasteiger partial charge in [-0.3, -0.25) is 4.79 Å². The van der Waals surface area contributed by atoms with Crippen LogP contribution >= 0.6 is 0 Å². The molecule has 0 radical (unpaired) electrons. The Kier molecular flexibility index (Phi) is 4.11. The molecule has 1 unspecified atom stereocenters. The number of piperidine rings is 1. The average Bonchev–Trinajstić information content (AvgIpc) is 2.77. The number of aliphatic hydroxyl groups excluding tert-OH is 1. The first-order chi connectivity index (χ1) is 10.5. The zero-order valence-electron chi connectivity index (χ0n) is 13.0. The molecule has 2 saturated heterocycles. The molecule has 3 atom stereocenters. The van der Waals surface area contributed by atoms with Crippen molar-refractivity contribution in [2.45, 2.75) is 43.9 Å². The number of carbonyl (C=O) groups excluding carboxylic acids is 1. The van der Waals surface area contributed by atoms with Gasteiger partial charge >= 0.3 is 0 Å². The van der Waals surface area contributed by atoms with Crippen LogP contribution in [0.25, 0.3) is 6.08 Å². The molecule has 0 saturated carbocycles. The van der Waals surface area contributed by atoms with Gasteiger partial charge in [-0.25, -0.2) is 9.97 Å². The van der Waals surface area contributed by atoms with Crippen LogP contribution in [0.4, 0.5) is 5.95 Å². The van der Waals surface area contributed by atoms with Gasteiger partial charge in [0.1, 0.15) is 0 Å². The van der Waals surface area contributed by atoms with Crippen molar-refractivity contribution in [3.63, 3.8) is 0 Å². The summed E-state index contributed by atoms with van der Waals surface area (Å²) in [4.78, 5) is 24.6. The first-order valence-corrected chi connectivity index (χ1v) is 7.72. The Morgan fingerprint density at radius 3 is 2.41 bits per heavy atom. The maximum atomic E-state index is 12.4. The third-order valence-electron chi connectivity index (χ3n) is 4.44. The molecule has 0 spiro atoms. The van der Waals surface area contributed by atoms with E-state index in [4.69, 9.17) is 0 Å². The van der Waals surface area contributed by atoms with Gasteiger partial charge < -0.3 is 14.9 Å². The number of amides is 1. The minimum atomic E-state index is -0.252. The van der Waals surface area contributed by atoms with Crippen LogP contribution in [-0.4, -0.2) is 58.2 Å². The molecule has 1 N–H and O–H groups in total. The van der Waals surface area contributed by atoms with Crippen molar-refractivity contribution < 1.29 is 9.90 Å². The molecule has 22 heavy (non-hydrogen) atoms. The lowest BCUT2D eigenvalue weighted by Gasteiger charge is -2.36. The average molecular weight is 302 g/mol. The Morgan fingerprint density at radius 1 is 1.27 bits per heavy atom. The number of hydrogen-bond acceptors (Lipinski definition) is 5. The summed E-state index contributed by atoms with van der Waals surface area (Å²) in [5.41, 5.74) is 0.809. The Bertz CT molecular complexity index is 556. The van der Waals surface area contributed by atoms with E-state index < -0.39 is 0 Å². The molecule has 0 aliphatic carbocycles. The summed E-state index contributed by atoms with van der Waals surface area (Å²) in [6, 6.07) is 0.386. The van der Waals surface area contributed by atoms with E-state index in [1.54, 1.807) is 24.5 Å². The van der Waals surface area contributed by atoms with Gasteiger partial charge in [0.2, 0.25) is 11.9 Å². The number of anilines is 1. The third-order valence-corrected chi connectivity index (χ3v) is 4.44. The number of fused-ring (bicyclic) bond motifs is 2. The van der Waals surface area contributed by atoms with E-state index in [1.807, 2.05) is 23.9 Å². The van der Waals surface area contributed by atoms with E-state index in [0.717, 1.165) is 18.4 Å². The maximum Gasteiger partial charge on any atom is 0.247 e. The molecular weight excluding hydrogens is 280 g/mol. The standard InChI is InChI=1S/C16H22N4O2/c1-19(2)16-17-9-11(10-18-16)3-6-15(22)20-12-4-5-13(20)8-14(21)7-12/h3,6,9-10,12-14,21H,4-5,7-8H2,1-2H3/b6-3+/t12-,13+,14?. The van der Waals surface area contributed by atoms with Crippen LogP contribution in [0.3, 0.4) is 0 Å². The Labute approximate surface area is 130 Å². The van der Waals surface area contributed by atoms with E-state index in [-0.39, 0.29) is 24.1 Å². The second-order valence-electron chi connectivity index (χ2n) is 6.30. The van der Waals surface area contributed by atoms with E-state index in [2.05, 4.69) is 9.97 Å². The number of aromatic nitrogens is 2. The highest BCUT2D eigenvalue weighted by atomic mass is 16.3. The van der Waals surface area contributed by atoms with Crippen LogP contribution in [0.5, 0.6) is 0 Å². The molecule has 2 fully saturated rings. The smallest absolute Gasteiger partial charge is 0.247 e. The van der Waals surface area contributed by atoms with Crippen LogP contribution in [0.1, 0.15) is 31.2 Å². The Hall–Kier alpha value is -1.95. The van der Waals surface area contributed by atoms with Crippen LogP contribution in [-0.2, 0) is 4.79 Å². The highest BCUT2D eigenvalue weighted by molar-refractivity contribution is 5.92. The molecule has 1 aromatic heterocycles. The van der Waals surface area contributed by atoms with Gasteiger partial charge in [0.05, 0.1) is 6.10 Å². The van der Waals surface area contributed by atoms with Gasteiger partial charge in [-0.1, -0.05) is 0 Å². The van der Waals surface area contributed by atoms with Crippen molar-refractivity contribution in [1.29, 1.82) is 0 Å². The molecular formula is C16H22N4O2. The minimum absolute atomic E-state index is 0.0242. The summed E-state index contributed by atoms with van der Waals surface area (Å²) in [5, 5.41) is 9.79. The molecule has 0 aromatic carbocycles. The molecule has 1 amide bonds. The summed E-state index contributed by atoms with van der Waals surface area (Å²) in [5.74, 6) is 0.669. The van der Waals surface area contributed by atoms with Gasteiger partial charge in [0.15, 0.2) is 0 Å². The summed E-state index contributed by atoms with van der Waals surface area (Å²) in [7, 11) is 3.77. The van der Waals surface area contributed by atoms with Gasteiger partial charge in [0, 0.05) is 50.2 Å². The van der Waals surface area contributed by atoms with Crippen molar-refractivity contribution >= 4 is 17.9 Å². The fourth-order valence-corrected chi connectivity index (χ4v) is 3.41. The molecule has 3 rings (SSSR count). The number of rotatable bonds is 3. The van der Waals surface area contributed by atoms with E-state index in [9.17, 15) is 9.90 Å². The zero-order chi connectivity index (χ0) is 15.7. The predicted molar refractivity (Wildman–Crippen MR) is 84.3 cm³/mol. The molecule has 2 aliphatic heterocycles. The Morgan fingerprint density at radius 2 is 1.86 bits per heavy atom. The van der Waals surface area contributed by atoms with Crippen molar-refractivity contribution in [1.82, 2.24) is 14.9 Å². The summed E-state index contributed by atoms with van der Waals surface area (Å²) >= 11 is 0. The zero-order valence-corrected chi connectivity index (χ0v) is 13.0. The lowest BCUT2D eigenvalue weighted by Crippen LogP contribution is -2.47. The molecule has 2 bridgehead atoms. The highest BCUT2D eigenvalue weighted by Gasteiger charge is 2.41. The lowest BCUT2D eigenvalue weighted by atomic mass is 10.00. The Balaban J connectivity index is 1.66. The second kappa shape index (κ2) is 6.04. The number of aliphatic hydroxyl groups is 1. The predicted octanol–water partition coefficient (Wildman–Crippen LogP) is 1.07. The van der Waals surface area contributed by atoms with E-state index in [0.29, 0.717) is 18.8 Å². The molecule has 6 heteroatoms. The summed E-state index contributed by atoms with van der Waals surface area (Å²) < 4.78 is 0. The molecule has 3 heterocycles. The topological polar surface area (TPSA) is 69.6 Å². The van der Waals surface area contributed by atoms with Crippen LogP contribution < -0.4 is 4.90 Å². The van der Waals surface area contributed by atoms with Crippen molar-refractivity contribution in [3.05, 3.63) is 24.0 Å². The normalized spacial score (nSPS) is 27.4. The molecule has 1 aromatic rings. The number of hydrogen-bond donors (Lipinski definition) is 1. The van der Waals surface area contributed by atoms with Crippen molar-refractivity contribution in [2.24, 2.45) is 0 Å². The molecule has 6 nitrogen and oxygen atoms in total. The monoisotopic (exact) mass is 302 g/mol. The SMILES string of the molecule is CN(C)c1ncc(/C=C/C(=O)N2[C@@H]3CC[C@H]2CC(O)C3)cn1. The van der Waals surface area contributed by atoms with Gasteiger partial charge in [-0.15, -0.1) is 0 Å². The minimum Gasteiger partial charge on any atom is -0.393 e. The van der Waals surface area contributed by atoms with Crippen LogP contribution in [0, 0.1) is 0 Å². The van der Waals surface area contributed by atoms with Crippen molar-refractivity contribution in [3.8, 4) is 0 Å². The molecule has 2 aliphatic rings. The highest BCUT2D eigenvalue weighted by Crippen LogP contribution is 2.35.